The first kappa shape index (κ1) is 47.4. The van der Waals surface area contributed by atoms with Crippen LogP contribution in [0, 0.1) is 5.92 Å². The normalized spacial score (nSPS) is 11.9. The van der Waals surface area contributed by atoms with Crippen molar-refractivity contribution >= 4 is 17.9 Å². The van der Waals surface area contributed by atoms with E-state index < -0.39 is 0 Å². The molecule has 49 heavy (non-hydrogen) atoms. The van der Waals surface area contributed by atoms with E-state index >= 15 is 0 Å². The summed E-state index contributed by atoms with van der Waals surface area (Å²) in [6, 6.07) is 0. The molecule has 6 heteroatoms. The van der Waals surface area contributed by atoms with Crippen LogP contribution in [0.5, 0.6) is 0 Å². The Morgan fingerprint density at radius 3 is 1.10 bits per heavy atom. The molecule has 0 aromatic carbocycles. The standard InChI is InChI=1S/C43H82O6/c1-5-9-12-15-18-19-20-21-22-23-24-27-30-34-41(44)47-37-39(8-4)38-48-42(45)35-31-36-43(46)49-40(32-28-25-16-13-10-6-2)33-29-26-17-14-11-7-3/h39-40H,5-38H2,1-4H3. The van der Waals surface area contributed by atoms with Gasteiger partial charge in [-0.2, -0.15) is 0 Å². The van der Waals surface area contributed by atoms with Crippen LogP contribution in [0.15, 0.2) is 0 Å². The third kappa shape index (κ3) is 34.6. The lowest BCUT2D eigenvalue weighted by atomic mass is 10.0. The van der Waals surface area contributed by atoms with Crippen molar-refractivity contribution in [3.63, 3.8) is 0 Å². The lowest BCUT2D eigenvalue weighted by Crippen LogP contribution is -2.21. The van der Waals surface area contributed by atoms with Crippen molar-refractivity contribution in [2.24, 2.45) is 5.92 Å². The van der Waals surface area contributed by atoms with E-state index in [1.54, 1.807) is 0 Å². The molecule has 0 saturated heterocycles. The van der Waals surface area contributed by atoms with E-state index in [9.17, 15) is 14.4 Å². The highest BCUT2D eigenvalue weighted by molar-refractivity contribution is 5.72. The molecule has 290 valence electrons. The van der Waals surface area contributed by atoms with Crippen LogP contribution in [-0.2, 0) is 28.6 Å². The van der Waals surface area contributed by atoms with Crippen LogP contribution in [0.2, 0.25) is 0 Å². The summed E-state index contributed by atoms with van der Waals surface area (Å²) in [5.74, 6) is -0.663. The number of hydrogen-bond acceptors (Lipinski definition) is 6. The van der Waals surface area contributed by atoms with E-state index in [4.69, 9.17) is 14.2 Å². The smallest absolute Gasteiger partial charge is 0.306 e. The third-order valence-corrected chi connectivity index (χ3v) is 9.84. The molecule has 0 bridgehead atoms. The van der Waals surface area contributed by atoms with Gasteiger partial charge in [0.2, 0.25) is 0 Å². The fraction of sp³-hybridized carbons (Fsp3) is 0.930. The van der Waals surface area contributed by atoms with E-state index in [2.05, 4.69) is 20.8 Å². The highest BCUT2D eigenvalue weighted by Gasteiger charge is 2.17. The molecule has 0 aliphatic carbocycles. The summed E-state index contributed by atoms with van der Waals surface area (Å²) in [5, 5.41) is 0. The van der Waals surface area contributed by atoms with E-state index in [-0.39, 0.29) is 56.0 Å². The molecular formula is C43H82O6. The maximum atomic E-state index is 12.6. The number of unbranched alkanes of at least 4 members (excludes halogenated alkanes) is 22. The summed E-state index contributed by atoms with van der Waals surface area (Å²) in [5.41, 5.74) is 0. The number of carbonyl (C=O) groups is 3. The molecule has 1 unspecified atom stereocenters. The summed E-state index contributed by atoms with van der Waals surface area (Å²) in [4.78, 5) is 37.2. The van der Waals surface area contributed by atoms with Gasteiger partial charge in [0.05, 0.1) is 13.2 Å². The fourth-order valence-corrected chi connectivity index (χ4v) is 6.33. The Balaban J connectivity index is 4.05. The maximum absolute atomic E-state index is 12.6. The van der Waals surface area contributed by atoms with Crippen molar-refractivity contribution in [3.05, 3.63) is 0 Å². The second kappa shape index (κ2) is 37.7. The Morgan fingerprint density at radius 1 is 0.388 bits per heavy atom. The molecule has 0 N–H and O–H groups in total. The van der Waals surface area contributed by atoms with Gasteiger partial charge in [0.15, 0.2) is 0 Å². The average Bonchev–Trinajstić information content (AvgIpc) is 3.09. The summed E-state index contributed by atoms with van der Waals surface area (Å²) < 4.78 is 16.9. The molecule has 0 saturated carbocycles. The van der Waals surface area contributed by atoms with Gasteiger partial charge >= 0.3 is 17.9 Å². The highest BCUT2D eigenvalue weighted by atomic mass is 16.6. The van der Waals surface area contributed by atoms with Crippen molar-refractivity contribution < 1.29 is 28.6 Å². The molecule has 0 radical (unpaired) electrons. The first-order chi connectivity index (χ1) is 24.0. The van der Waals surface area contributed by atoms with Crippen molar-refractivity contribution in [2.45, 2.75) is 239 Å². The van der Waals surface area contributed by atoms with Crippen LogP contribution in [-0.4, -0.2) is 37.2 Å². The molecule has 0 aromatic rings. The lowest BCUT2D eigenvalue weighted by molar-refractivity contribution is -0.150. The summed E-state index contributed by atoms with van der Waals surface area (Å²) in [6.07, 6.45) is 35.4. The van der Waals surface area contributed by atoms with Crippen LogP contribution in [0.3, 0.4) is 0 Å². The fourth-order valence-electron chi connectivity index (χ4n) is 6.33. The Kier molecular flexibility index (Phi) is 36.4. The maximum Gasteiger partial charge on any atom is 0.306 e. The second-order valence-corrected chi connectivity index (χ2v) is 14.7. The molecule has 6 nitrogen and oxygen atoms in total. The molecular weight excluding hydrogens is 612 g/mol. The van der Waals surface area contributed by atoms with Gasteiger partial charge in [-0.1, -0.05) is 169 Å². The molecule has 0 aliphatic heterocycles. The molecule has 1 atom stereocenters. The van der Waals surface area contributed by atoms with E-state index in [1.165, 1.54) is 135 Å². The van der Waals surface area contributed by atoms with Gasteiger partial charge in [0, 0.05) is 25.2 Å². The van der Waals surface area contributed by atoms with Gasteiger partial charge in [-0.05, 0) is 44.9 Å². The lowest BCUT2D eigenvalue weighted by Gasteiger charge is -2.18. The van der Waals surface area contributed by atoms with Crippen molar-refractivity contribution in [1.29, 1.82) is 0 Å². The predicted molar refractivity (Wildman–Crippen MR) is 206 cm³/mol. The Labute approximate surface area is 304 Å². The Bertz CT molecular complexity index is 722. The van der Waals surface area contributed by atoms with Crippen LogP contribution in [0.4, 0.5) is 0 Å². The SMILES string of the molecule is CCCCCCCCCCCCCCCC(=O)OCC(CC)COC(=O)CCCC(=O)OC(CCCCCCCC)CCCCCCCC. The Hall–Kier alpha value is -1.59. The number of esters is 3. The zero-order valence-electron chi connectivity index (χ0n) is 33.1. The summed E-state index contributed by atoms with van der Waals surface area (Å²) in [6.45, 7) is 9.27. The van der Waals surface area contributed by atoms with Gasteiger partial charge in [0.25, 0.3) is 0 Å². The number of hydrogen-bond donors (Lipinski definition) is 0. The molecule has 0 fully saturated rings. The number of carbonyl (C=O) groups excluding carboxylic acids is 3. The van der Waals surface area contributed by atoms with Crippen LogP contribution in [0.1, 0.15) is 233 Å². The topological polar surface area (TPSA) is 78.9 Å². The van der Waals surface area contributed by atoms with Gasteiger partial charge in [-0.25, -0.2) is 0 Å². The van der Waals surface area contributed by atoms with Crippen LogP contribution in [0.25, 0.3) is 0 Å². The minimum Gasteiger partial charge on any atom is -0.465 e. The molecule has 0 aliphatic rings. The predicted octanol–water partition coefficient (Wildman–Crippen LogP) is 13.2. The van der Waals surface area contributed by atoms with Gasteiger partial charge < -0.3 is 14.2 Å². The van der Waals surface area contributed by atoms with E-state index in [1.807, 2.05) is 6.92 Å². The molecule has 0 amide bonds. The van der Waals surface area contributed by atoms with Gasteiger partial charge in [0.1, 0.15) is 6.10 Å². The van der Waals surface area contributed by atoms with Crippen molar-refractivity contribution in [3.8, 4) is 0 Å². The second-order valence-electron chi connectivity index (χ2n) is 14.7. The van der Waals surface area contributed by atoms with Gasteiger partial charge in [-0.15, -0.1) is 0 Å². The van der Waals surface area contributed by atoms with Crippen LogP contribution < -0.4 is 0 Å². The third-order valence-electron chi connectivity index (χ3n) is 9.84. The molecule has 0 spiro atoms. The van der Waals surface area contributed by atoms with Gasteiger partial charge in [-0.3, -0.25) is 14.4 Å². The highest BCUT2D eigenvalue weighted by Crippen LogP contribution is 2.18. The van der Waals surface area contributed by atoms with Crippen LogP contribution >= 0.6 is 0 Å². The molecule has 0 heterocycles. The van der Waals surface area contributed by atoms with E-state index in [0.29, 0.717) is 12.8 Å². The summed E-state index contributed by atoms with van der Waals surface area (Å²) in [7, 11) is 0. The largest absolute Gasteiger partial charge is 0.465 e. The Morgan fingerprint density at radius 2 is 0.714 bits per heavy atom. The first-order valence-electron chi connectivity index (χ1n) is 21.5. The zero-order chi connectivity index (χ0) is 36.0. The first-order valence-corrected chi connectivity index (χ1v) is 21.5. The van der Waals surface area contributed by atoms with Crippen molar-refractivity contribution in [2.75, 3.05) is 13.2 Å². The average molecular weight is 695 g/mol. The molecule has 0 rings (SSSR count). The zero-order valence-corrected chi connectivity index (χ0v) is 33.1. The quantitative estimate of drug-likeness (QED) is 0.0364. The monoisotopic (exact) mass is 695 g/mol. The van der Waals surface area contributed by atoms with E-state index in [0.717, 1.165) is 44.9 Å². The summed E-state index contributed by atoms with van der Waals surface area (Å²) >= 11 is 0. The number of ether oxygens (including phenoxy) is 3. The molecule has 0 aromatic heterocycles. The van der Waals surface area contributed by atoms with Crippen molar-refractivity contribution in [1.82, 2.24) is 0 Å². The minimum atomic E-state index is -0.305. The number of rotatable bonds is 38. The minimum absolute atomic E-state index is 0.00522.